The number of nitrogen functional groups attached to an aromatic ring is 1. The van der Waals surface area contributed by atoms with Crippen molar-refractivity contribution in [2.45, 2.75) is 6.92 Å². The van der Waals surface area contributed by atoms with Gasteiger partial charge in [0.25, 0.3) is 0 Å². The van der Waals surface area contributed by atoms with Gasteiger partial charge < -0.3 is 11.1 Å². The summed E-state index contributed by atoms with van der Waals surface area (Å²) in [6, 6.07) is 0. The molecule has 2 aromatic heterocycles. The molecule has 7 heteroatoms. The number of H-pyrrole nitrogens is 1. The molecule has 0 amide bonds. The quantitative estimate of drug-likeness (QED) is 0.782. The first-order valence-electron chi connectivity index (χ1n) is 4.41. The molecule has 0 saturated carbocycles. The van der Waals surface area contributed by atoms with E-state index in [-0.39, 0.29) is 5.95 Å². The molecule has 0 aliphatic heterocycles. The lowest BCUT2D eigenvalue weighted by Crippen LogP contribution is -2.05. The van der Waals surface area contributed by atoms with Crippen LogP contribution in [0.4, 0.5) is 11.8 Å². The highest BCUT2D eigenvalue weighted by atomic mass is 79.9. The second-order valence-corrected chi connectivity index (χ2v) is 3.71. The molecule has 6 nitrogen and oxygen atoms in total. The molecule has 0 unspecified atom stereocenters. The molecule has 2 heterocycles. The van der Waals surface area contributed by atoms with Crippen LogP contribution in [0.25, 0.3) is 11.0 Å². The largest absolute Gasteiger partial charge is 0.369 e. The molecule has 4 N–H and O–H groups in total. The lowest BCUT2D eigenvalue weighted by atomic mass is 10.4. The zero-order valence-electron chi connectivity index (χ0n) is 8.08. The van der Waals surface area contributed by atoms with Crippen molar-refractivity contribution in [3.63, 3.8) is 0 Å². The van der Waals surface area contributed by atoms with Crippen molar-refractivity contribution in [1.29, 1.82) is 0 Å². The Balaban J connectivity index is 2.53. The van der Waals surface area contributed by atoms with Crippen LogP contribution in [-0.2, 0) is 0 Å². The predicted octanol–water partition coefficient (Wildman–Crippen LogP) is 1.33. The van der Waals surface area contributed by atoms with Crippen LogP contribution in [0.1, 0.15) is 6.92 Å². The van der Waals surface area contributed by atoms with Crippen LogP contribution in [0.2, 0.25) is 0 Å². The molecule has 2 aromatic rings. The Morgan fingerprint density at radius 1 is 1.53 bits per heavy atom. The second kappa shape index (κ2) is 4.01. The first-order valence-corrected chi connectivity index (χ1v) is 5.20. The van der Waals surface area contributed by atoms with E-state index in [2.05, 4.69) is 41.4 Å². The van der Waals surface area contributed by atoms with E-state index in [1.807, 2.05) is 13.3 Å². The molecule has 0 aliphatic carbocycles. The second-order valence-electron chi connectivity index (χ2n) is 2.96. The molecule has 2 rings (SSSR count). The van der Waals surface area contributed by atoms with Gasteiger partial charge in [-0.25, -0.2) is 0 Å². The molecule has 0 fully saturated rings. The molecule has 0 bridgehead atoms. The third-order valence-electron chi connectivity index (χ3n) is 1.87. The first kappa shape index (κ1) is 10.2. The molecule has 0 saturated heterocycles. The minimum Gasteiger partial charge on any atom is -0.369 e. The fraction of sp³-hybridized carbons (Fsp3) is 0.250. The molecular formula is C8H10BrN6. The van der Waals surface area contributed by atoms with Crippen molar-refractivity contribution in [1.82, 2.24) is 20.2 Å². The van der Waals surface area contributed by atoms with E-state index >= 15 is 0 Å². The maximum absolute atomic E-state index is 5.57. The number of nitrogens with two attached hydrogens (primary N) is 1. The average Bonchev–Trinajstić information content (AvgIpc) is 2.56. The summed E-state index contributed by atoms with van der Waals surface area (Å²) in [7, 11) is 0. The molecule has 0 aliphatic rings. The Morgan fingerprint density at radius 2 is 2.33 bits per heavy atom. The number of nitrogens with one attached hydrogen (secondary N) is 2. The topological polar surface area (TPSA) is 92.5 Å². The van der Waals surface area contributed by atoms with Crippen molar-refractivity contribution in [2.24, 2.45) is 0 Å². The van der Waals surface area contributed by atoms with Crippen molar-refractivity contribution in [2.75, 3.05) is 17.6 Å². The minimum absolute atomic E-state index is 0.220. The summed E-state index contributed by atoms with van der Waals surface area (Å²) in [6.45, 7) is 2.67. The highest BCUT2D eigenvalue weighted by Crippen LogP contribution is 2.26. The summed E-state index contributed by atoms with van der Waals surface area (Å²) in [5.41, 5.74) is 6.19. The Morgan fingerprint density at radius 3 is 3.07 bits per heavy atom. The van der Waals surface area contributed by atoms with Crippen LogP contribution in [0, 0.1) is 6.42 Å². The molecule has 0 aromatic carbocycles. The fourth-order valence-corrected chi connectivity index (χ4v) is 1.70. The van der Waals surface area contributed by atoms with Crippen LogP contribution < -0.4 is 11.1 Å². The standard InChI is InChI=1S/C8H10BrN6/c1-2-3-11-6-4-5(9)14-15-7(4)13-8(10)12-6/h2H,3H2,1H3,(H4,10,11,12,13,14,15). The summed E-state index contributed by atoms with van der Waals surface area (Å²) in [5, 5.41) is 10.7. The third-order valence-corrected chi connectivity index (χ3v) is 2.44. The Bertz CT molecular complexity index is 479. The summed E-state index contributed by atoms with van der Waals surface area (Å²) >= 11 is 3.32. The lowest BCUT2D eigenvalue weighted by molar-refractivity contribution is 1.07. The fourth-order valence-electron chi connectivity index (χ4n) is 1.24. The van der Waals surface area contributed by atoms with Crippen molar-refractivity contribution in [3.05, 3.63) is 11.0 Å². The number of aromatic nitrogens is 4. The van der Waals surface area contributed by atoms with E-state index in [0.29, 0.717) is 22.6 Å². The van der Waals surface area contributed by atoms with E-state index < -0.39 is 0 Å². The number of hydrogen-bond acceptors (Lipinski definition) is 5. The molecular weight excluding hydrogens is 260 g/mol. The van der Waals surface area contributed by atoms with Crippen LogP contribution >= 0.6 is 15.9 Å². The monoisotopic (exact) mass is 269 g/mol. The number of aromatic amines is 1. The van der Waals surface area contributed by atoms with Gasteiger partial charge in [-0.1, -0.05) is 6.92 Å². The molecule has 15 heavy (non-hydrogen) atoms. The van der Waals surface area contributed by atoms with Crippen molar-refractivity contribution >= 4 is 38.7 Å². The van der Waals surface area contributed by atoms with Gasteiger partial charge in [0.1, 0.15) is 10.4 Å². The summed E-state index contributed by atoms with van der Waals surface area (Å²) in [5.74, 6) is 0.897. The third kappa shape index (κ3) is 1.87. The van der Waals surface area contributed by atoms with Crippen LogP contribution in [-0.4, -0.2) is 26.7 Å². The van der Waals surface area contributed by atoms with Crippen LogP contribution in [0.15, 0.2) is 4.60 Å². The van der Waals surface area contributed by atoms with Crippen LogP contribution in [0.3, 0.4) is 0 Å². The molecule has 0 atom stereocenters. The summed E-state index contributed by atoms with van der Waals surface area (Å²) < 4.78 is 0.677. The number of hydrogen-bond donors (Lipinski definition) is 3. The van der Waals surface area contributed by atoms with Crippen LogP contribution in [0.5, 0.6) is 0 Å². The first-order chi connectivity index (χ1) is 7.22. The predicted molar refractivity (Wildman–Crippen MR) is 62.3 cm³/mol. The van der Waals surface area contributed by atoms with Gasteiger partial charge in [-0.15, -0.1) is 0 Å². The van der Waals surface area contributed by atoms with E-state index in [9.17, 15) is 0 Å². The van der Waals surface area contributed by atoms with Gasteiger partial charge in [0.05, 0.1) is 5.39 Å². The van der Waals surface area contributed by atoms with E-state index in [4.69, 9.17) is 5.73 Å². The number of fused-ring (bicyclic) bond motifs is 1. The summed E-state index contributed by atoms with van der Waals surface area (Å²) in [4.78, 5) is 8.15. The SMILES string of the molecule is C[CH]CNc1nc(N)nc2[nH]nc(Br)c12. The zero-order chi connectivity index (χ0) is 10.8. The van der Waals surface area contributed by atoms with E-state index in [1.54, 1.807) is 0 Å². The Labute approximate surface area is 94.8 Å². The minimum atomic E-state index is 0.220. The van der Waals surface area contributed by atoms with Gasteiger partial charge in [0.2, 0.25) is 5.95 Å². The normalized spacial score (nSPS) is 10.8. The van der Waals surface area contributed by atoms with Gasteiger partial charge in [-0.3, -0.25) is 5.10 Å². The van der Waals surface area contributed by atoms with Gasteiger partial charge in [-0.05, 0) is 22.4 Å². The van der Waals surface area contributed by atoms with Gasteiger partial charge in [0, 0.05) is 6.54 Å². The van der Waals surface area contributed by atoms with Crippen molar-refractivity contribution in [3.8, 4) is 0 Å². The molecule has 0 spiro atoms. The Hall–Kier alpha value is -1.37. The van der Waals surface area contributed by atoms with Crippen molar-refractivity contribution < 1.29 is 0 Å². The number of halogens is 1. The maximum atomic E-state index is 5.57. The smallest absolute Gasteiger partial charge is 0.224 e. The van der Waals surface area contributed by atoms with E-state index in [0.717, 1.165) is 5.39 Å². The lowest BCUT2D eigenvalue weighted by Gasteiger charge is -2.05. The maximum Gasteiger partial charge on any atom is 0.224 e. The highest BCUT2D eigenvalue weighted by Gasteiger charge is 2.11. The van der Waals surface area contributed by atoms with Gasteiger partial charge >= 0.3 is 0 Å². The van der Waals surface area contributed by atoms with Gasteiger partial charge in [-0.2, -0.15) is 15.1 Å². The zero-order valence-corrected chi connectivity index (χ0v) is 9.67. The highest BCUT2D eigenvalue weighted by molar-refractivity contribution is 9.10. The number of anilines is 2. The van der Waals surface area contributed by atoms with E-state index in [1.165, 1.54) is 0 Å². The average molecular weight is 270 g/mol. The Kier molecular flexibility index (Phi) is 2.72. The van der Waals surface area contributed by atoms with Gasteiger partial charge in [0.15, 0.2) is 5.65 Å². The molecule has 1 radical (unpaired) electrons. The summed E-state index contributed by atoms with van der Waals surface area (Å²) in [6.07, 6.45) is 1.98. The molecule has 79 valence electrons. The number of rotatable bonds is 3. The number of nitrogens with zero attached hydrogens (tertiary/aromatic N) is 3.